The van der Waals surface area contributed by atoms with Crippen molar-refractivity contribution in [2.24, 2.45) is 22.5 Å². The van der Waals surface area contributed by atoms with Crippen LogP contribution in [-0.4, -0.2) is 204 Å². The molecule has 25 nitrogen and oxygen atoms in total. The largest absolute Gasteiger partial charge is 0.386 e. The number of carbonyl (C=O) groups is 8. The van der Waals surface area contributed by atoms with Crippen LogP contribution in [0.1, 0.15) is 105 Å². The van der Waals surface area contributed by atoms with E-state index in [1.54, 1.807) is 13.8 Å². The van der Waals surface area contributed by atoms with Crippen molar-refractivity contribution in [1.29, 1.82) is 0 Å². The Morgan fingerprint density at radius 2 is 0.865 bits per heavy atom. The van der Waals surface area contributed by atoms with Crippen molar-refractivity contribution in [3.05, 3.63) is 0 Å². The lowest BCUT2D eigenvalue weighted by atomic mass is 9.95. The fourth-order valence-corrected chi connectivity index (χ4v) is 5.59. The van der Waals surface area contributed by atoms with Crippen molar-refractivity contribution < 1.29 is 81.1 Å². The molecular formula is C49H92N8O17. The van der Waals surface area contributed by atoms with Crippen LogP contribution < -0.4 is 38.1 Å². The van der Waals surface area contributed by atoms with Crippen LogP contribution in [0.15, 0.2) is 5.16 Å². The second-order valence-corrected chi connectivity index (χ2v) is 16.8. The van der Waals surface area contributed by atoms with Crippen molar-refractivity contribution in [2.75, 3.05) is 145 Å². The molecule has 9 N–H and O–H groups in total. The number of nitrogens with two attached hydrogens (primary N) is 2. The van der Waals surface area contributed by atoms with Gasteiger partial charge < -0.3 is 80.3 Å². The first-order valence-electron chi connectivity index (χ1n) is 25.7. The van der Waals surface area contributed by atoms with E-state index in [9.17, 15) is 38.4 Å². The number of unbranched alkanes of at least 4 members (excludes halogenated alkanes) is 2. The molecule has 25 heteroatoms. The average molecular weight is 1070 g/mol. The lowest BCUT2D eigenvalue weighted by Crippen LogP contribution is -2.40. The van der Waals surface area contributed by atoms with Gasteiger partial charge in [-0.3, -0.25) is 38.9 Å². The van der Waals surface area contributed by atoms with E-state index in [2.05, 4.69) is 38.7 Å². The fraction of sp³-hybridized carbons (Fsp3) is 0.816. The molecule has 0 saturated carbocycles. The number of oxime groups is 1. The number of primary amides is 2. The Balaban J connectivity index is 0. The molecule has 0 bridgehead atoms. The lowest BCUT2D eigenvalue weighted by molar-refractivity contribution is -0.126. The second kappa shape index (κ2) is 53.1. The van der Waals surface area contributed by atoms with Crippen LogP contribution in [0.4, 0.5) is 0 Å². The molecular weight excluding hydrogens is 973 g/mol. The fourth-order valence-electron chi connectivity index (χ4n) is 5.59. The summed E-state index contributed by atoms with van der Waals surface area (Å²) in [6.45, 7) is 16.2. The summed E-state index contributed by atoms with van der Waals surface area (Å²) in [4.78, 5) is 96.0. The third-order valence-electron chi connectivity index (χ3n) is 9.93. The van der Waals surface area contributed by atoms with Crippen LogP contribution in [0, 0.1) is 5.92 Å². The number of hydrogen-bond donors (Lipinski definition) is 7. The van der Waals surface area contributed by atoms with Crippen LogP contribution in [0.5, 0.6) is 0 Å². The highest BCUT2D eigenvalue weighted by atomic mass is 16.6. The highest BCUT2D eigenvalue weighted by molar-refractivity contribution is 5.87. The number of ketones is 2. The second-order valence-electron chi connectivity index (χ2n) is 16.8. The zero-order valence-electron chi connectivity index (χ0n) is 45.0. The Kier molecular flexibility index (Phi) is 51.2. The highest BCUT2D eigenvalue weighted by Gasteiger charge is 2.16. The number of carbonyl (C=O) groups excluding carboxylic acids is 8. The van der Waals surface area contributed by atoms with E-state index in [4.69, 9.17) is 54.2 Å². The van der Waals surface area contributed by atoms with Gasteiger partial charge in [0, 0.05) is 57.8 Å². The van der Waals surface area contributed by atoms with Crippen molar-refractivity contribution >= 4 is 52.7 Å². The summed E-state index contributed by atoms with van der Waals surface area (Å²) in [6, 6.07) is -0.427. The Morgan fingerprint density at radius 3 is 1.30 bits per heavy atom. The van der Waals surface area contributed by atoms with E-state index in [0.717, 1.165) is 25.7 Å². The average Bonchev–Trinajstić information content (AvgIpc) is 3.35. The highest BCUT2D eigenvalue weighted by Crippen LogP contribution is 2.14. The normalized spacial score (nSPS) is 11.9. The molecule has 0 aromatic carbocycles. The monoisotopic (exact) mass is 1060 g/mol. The van der Waals surface area contributed by atoms with Gasteiger partial charge in [0.05, 0.1) is 124 Å². The number of ether oxygens (including phenoxy) is 8. The molecule has 6 amide bonds. The number of nitrogens with zero attached hydrogens (tertiary/aromatic N) is 1. The van der Waals surface area contributed by atoms with E-state index in [-0.39, 0.29) is 73.7 Å². The zero-order valence-corrected chi connectivity index (χ0v) is 45.0. The summed E-state index contributed by atoms with van der Waals surface area (Å²) in [5.41, 5.74) is 10.9. The molecule has 0 saturated heterocycles. The molecule has 0 aliphatic carbocycles. The van der Waals surface area contributed by atoms with Crippen LogP contribution >= 0.6 is 0 Å². The number of amides is 6. The van der Waals surface area contributed by atoms with Gasteiger partial charge in [-0.05, 0) is 59.8 Å². The van der Waals surface area contributed by atoms with Crippen molar-refractivity contribution in [3.63, 3.8) is 0 Å². The molecule has 0 fully saturated rings. The van der Waals surface area contributed by atoms with Gasteiger partial charge in [-0.15, -0.1) is 0 Å². The number of Topliss-reactive ketones (excluding diaryl/α,β-unsaturated/α-hetero) is 2. The minimum absolute atomic E-state index is 0.000462. The molecule has 74 heavy (non-hydrogen) atoms. The minimum atomic E-state index is -0.443. The maximum atomic E-state index is 12.1. The van der Waals surface area contributed by atoms with Crippen LogP contribution in [0.2, 0.25) is 0 Å². The van der Waals surface area contributed by atoms with E-state index in [1.807, 2.05) is 0 Å². The first kappa shape index (κ1) is 71.3. The summed E-state index contributed by atoms with van der Waals surface area (Å²) in [7, 11) is 0. The van der Waals surface area contributed by atoms with E-state index >= 15 is 0 Å². The number of nitrogens with one attached hydrogen (secondary N) is 5. The van der Waals surface area contributed by atoms with E-state index < -0.39 is 17.9 Å². The predicted octanol–water partition coefficient (Wildman–Crippen LogP) is 0.0168. The van der Waals surface area contributed by atoms with Crippen molar-refractivity contribution in [1.82, 2.24) is 26.6 Å². The summed E-state index contributed by atoms with van der Waals surface area (Å²) in [6.07, 6.45) is 6.07. The topological polar surface area (TPSA) is 344 Å². The molecule has 0 radical (unpaired) electrons. The summed E-state index contributed by atoms with van der Waals surface area (Å²) in [5.74, 6) is -1.73. The Hall–Kier alpha value is -4.73. The SMILES string of the molecule is CC(=O)CN[C@@H](C)C(N)=O.CCCCNC(=O)CCOCCOCCOCCOCCNC(=O)CC/C(C)=N\OCC(=O)NCCOCCOCCOCCOCCC(=O)NCCCC[C@H](CCC(C)=O)C(N)=O. The Bertz CT molecular complexity index is 1530. The number of hydrogen-bond acceptors (Lipinski definition) is 19. The summed E-state index contributed by atoms with van der Waals surface area (Å²) < 4.78 is 43.5. The lowest BCUT2D eigenvalue weighted by Gasteiger charge is -2.12. The zero-order chi connectivity index (χ0) is 55.3. The van der Waals surface area contributed by atoms with Crippen molar-refractivity contribution in [2.45, 2.75) is 111 Å². The predicted molar refractivity (Wildman–Crippen MR) is 275 cm³/mol. The minimum Gasteiger partial charge on any atom is -0.386 e. The summed E-state index contributed by atoms with van der Waals surface area (Å²) >= 11 is 0. The van der Waals surface area contributed by atoms with Crippen LogP contribution in [-0.2, 0) is 81.1 Å². The number of rotatable bonds is 52. The van der Waals surface area contributed by atoms with Crippen LogP contribution in [0.3, 0.4) is 0 Å². The third kappa shape index (κ3) is 55.0. The summed E-state index contributed by atoms with van der Waals surface area (Å²) in [5, 5.41) is 17.7. The smallest absolute Gasteiger partial charge is 0.260 e. The van der Waals surface area contributed by atoms with E-state index in [1.165, 1.54) is 13.8 Å². The van der Waals surface area contributed by atoms with Crippen LogP contribution in [0.25, 0.3) is 0 Å². The maximum absolute atomic E-state index is 12.1. The van der Waals surface area contributed by atoms with Gasteiger partial charge in [0.2, 0.25) is 29.5 Å². The third-order valence-corrected chi connectivity index (χ3v) is 9.93. The van der Waals surface area contributed by atoms with Gasteiger partial charge >= 0.3 is 0 Å². The maximum Gasteiger partial charge on any atom is 0.260 e. The molecule has 430 valence electrons. The van der Waals surface area contributed by atoms with Gasteiger partial charge in [0.1, 0.15) is 11.6 Å². The Morgan fingerprint density at radius 1 is 0.446 bits per heavy atom. The molecule has 2 atom stereocenters. The molecule has 0 heterocycles. The van der Waals surface area contributed by atoms with Gasteiger partial charge in [0.25, 0.3) is 5.91 Å². The molecule has 0 aliphatic rings. The molecule has 0 aromatic rings. The van der Waals surface area contributed by atoms with Gasteiger partial charge in [-0.1, -0.05) is 24.9 Å². The van der Waals surface area contributed by atoms with Crippen molar-refractivity contribution in [3.8, 4) is 0 Å². The van der Waals surface area contributed by atoms with E-state index in [0.29, 0.717) is 163 Å². The first-order chi connectivity index (χ1) is 35.6. The molecule has 0 spiro atoms. The van der Waals surface area contributed by atoms with Gasteiger partial charge in [-0.25, -0.2) is 0 Å². The molecule has 0 rings (SSSR count). The standard InChI is InChI=1S/C43H80N6O15.C6H12N2O2/c1-4-5-15-45-40(52)13-19-56-23-27-60-31-33-62-29-25-58-21-17-47-39(51)12-9-36(2)49-64-35-42(54)48-18-22-59-26-30-63-34-32-61-28-24-57-20-14-41(53)46-16-7-6-8-38(43(44)55)11-10-37(3)50;1-4(9)3-8-5(2)6(7)10/h38H,4-35H2,1-3H3,(H2,44,55)(H,45,52)(H,46,53)(H,47,51)(H,48,54);5,8H,3H2,1-2H3,(H2,7,10)/b49-36-;/t38-;5-/m10/s1. The quantitative estimate of drug-likeness (QED) is 0.0240. The molecule has 0 aliphatic heterocycles. The molecule has 0 aromatic heterocycles. The van der Waals surface area contributed by atoms with Gasteiger partial charge in [0.15, 0.2) is 6.61 Å². The Labute approximate surface area is 438 Å². The first-order valence-corrected chi connectivity index (χ1v) is 25.7. The molecule has 0 unspecified atom stereocenters. The van der Waals surface area contributed by atoms with Gasteiger partial charge in [-0.2, -0.15) is 0 Å².